The van der Waals surface area contributed by atoms with Crippen molar-refractivity contribution in [2.24, 2.45) is 23.2 Å². The molecule has 4 bridgehead atoms. The van der Waals surface area contributed by atoms with E-state index in [0.29, 0.717) is 23.4 Å². The molecule has 0 radical (unpaired) electrons. The molecule has 0 aliphatic heterocycles. The van der Waals surface area contributed by atoms with Crippen LogP contribution >= 0.6 is 12.2 Å². The third kappa shape index (κ3) is 3.09. The summed E-state index contributed by atoms with van der Waals surface area (Å²) < 4.78 is 0. The predicted molar refractivity (Wildman–Crippen MR) is 103 cm³/mol. The van der Waals surface area contributed by atoms with Crippen LogP contribution in [0.2, 0.25) is 0 Å². The number of amides is 1. The van der Waals surface area contributed by atoms with E-state index in [4.69, 9.17) is 12.2 Å². The van der Waals surface area contributed by atoms with Crippen LogP contribution in [0, 0.1) is 40.2 Å². The van der Waals surface area contributed by atoms with Gasteiger partial charge in [-0.2, -0.15) is 0 Å². The van der Waals surface area contributed by atoms with Crippen LogP contribution in [0.1, 0.15) is 44.1 Å². The van der Waals surface area contributed by atoms with Crippen molar-refractivity contribution in [1.29, 1.82) is 0 Å². The van der Waals surface area contributed by atoms with Gasteiger partial charge in [0.2, 0.25) is 5.91 Å². The molecule has 1 amide bonds. The van der Waals surface area contributed by atoms with Gasteiger partial charge < -0.3 is 10.6 Å². The van der Waals surface area contributed by atoms with Crippen LogP contribution in [0.4, 0.5) is 11.4 Å². The Morgan fingerprint density at radius 1 is 1.19 bits per heavy atom. The monoisotopic (exact) mass is 373 g/mol. The Bertz CT molecular complexity index is 757. The van der Waals surface area contributed by atoms with Crippen LogP contribution in [-0.2, 0) is 4.79 Å². The van der Waals surface area contributed by atoms with Crippen LogP contribution in [0.5, 0.6) is 0 Å². The maximum atomic E-state index is 13.0. The number of hydrogen-bond acceptors (Lipinski definition) is 4. The number of carbonyl (C=O) groups is 1. The van der Waals surface area contributed by atoms with E-state index < -0.39 is 4.92 Å². The summed E-state index contributed by atoms with van der Waals surface area (Å²) in [6.07, 6.45) is 6.77. The number of anilines is 1. The first-order chi connectivity index (χ1) is 12.3. The molecular formula is C19H23N3O3S. The highest BCUT2D eigenvalue weighted by Crippen LogP contribution is 2.60. The van der Waals surface area contributed by atoms with E-state index in [1.807, 2.05) is 6.92 Å². The van der Waals surface area contributed by atoms with Gasteiger partial charge in [-0.25, -0.2) is 0 Å². The quantitative estimate of drug-likeness (QED) is 0.476. The minimum absolute atomic E-state index is 0.00619. The highest BCUT2D eigenvalue weighted by Gasteiger charge is 2.54. The maximum absolute atomic E-state index is 13.0. The number of rotatable bonds is 3. The Morgan fingerprint density at radius 2 is 1.77 bits per heavy atom. The summed E-state index contributed by atoms with van der Waals surface area (Å²) in [5, 5.41) is 17.0. The lowest BCUT2D eigenvalue weighted by Gasteiger charge is -2.55. The number of nitrogens with zero attached hydrogens (tertiary/aromatic N) is 1. The number of aryl methyl sites for hydroxylation is 1. The molecule has 5 rings (SSSR count). The second-order valence-electron chi connectivity index (χ2n) is 8.36. The molecule has 4 fully saturated rings. The molecule has 138 valence electrons. The van der Waals surface area contributed by atoms with Crippen molar-refractivity contribution in [2.45, 2.75) is 45.4 Å². The van der Waals surface area contributed by atoms with Gasteiger partial charge >= 0.3 is 0 Å². The normalized spacial score (nSPS) is 31.5. The lowest BCUT2D eigenvalue weighted by Crippen LogP contribution is -2.55. The number of nitro benzene ring substituents is 1. The zero-order valence-corrected chi connectivity index (χ0v) is 15.6. The van der Waals surface area contributed by atoms with E-state index in [2.05, 4.69) is 10.6 Å². The molecule has 0 heterocycles. The molecule has 6 nitrogen and oxygen atoms in total. The fourth-order valence-corrected chi connectivity index (χ4v) is 5.84. The van der Waals surface area contributed by atoms with E-state index in [9.17, 15) is 14.9 Å². The molecule has 4 saturated carbocycles. The molecule has 4 aliphatic rings. The van der Waals surface area contributed by atoms with Gasteiger partial charge in [-0.15, -0.1) is 0 Å². The molecular weight excluding hydrogens is 350 g/mol. The maximum Gasteiger partial charge on any atom is 0.271 e. The largest absolute Gasteiger partial charge is 0.332 e. The van der Waals surface area contributed by atoms with Crippen molar-refractivity contribution in [1.82, 2.24) is 5.32 Å². The molecule has 7 heteroatoms. The summed E-state index contributed by atoms with van der Waals surface area (Å²) >= 11 is 5.32. The minimum atomic E-state index is -0.443. The minimum Gasteiger partial charge on any atom is -0.332 e. The number of benzene rings is 1. The number of thiocarbonyl (C=S) groups is 1. The first-order valence-electron chi connectivity index (χ1n) is 9.22. The third-order valence-electron chi connectivity index (χ3n) is 6.43. The van der Waals surface area contributed by atoms with Crippen LogP contribution in [0.15, 0.2) is 18.2 Å². The van der Waals surface area contributed by atoms with Crippen molar-refractivity contribution in [3.05, 3.63) is 33.9 Å². The highest BCUT2D eigenvalue weighted by atomic mass is 32.1. The van der Waals surface area contributed by atoms with Gasteiger partial charge in [-0.05, 0) is 81.0 Å². The van der Waals surface area contributed by atoms with Gasteiger partial charge in [0.15, 0.2) is 5.11 Å². The zero-order valence-electron chi connectivity index (χ0n) is 14.8. The lowest BCUT2D eigenvalue weighted by molar-refractivity contribution is -0.384. The van der Waals surface area contributed by atoms with Gasteiger partial charge in [-0.3, -0.25) is 14.9 Å². The second-order valence-corrected chi connectivity index (χ2v) is 8.77. The number of non-ortho nitro benzene ring substituents is 1. The van der Waals surface area contributed by atoms with Crippen LogP contribution in [0.25, 0.3) is 0 Å². The van der Waals surface area contributed by atoms with Crippen LogP contribution in [-0.4, -0.2) is 15.9 Å². The van der Waals surface area contributed by atoms with Crippen molar-refractivity contribution < 1.29 is 9.72 Å². The van der Waals surface area contributed by atoms with Crippen molar-refractivity contribution in [3.8, 4) is 0 Å². The second kappa shape index (κ2) is 6.30. The average molecular weight is 373 g/mol. The predicted octanol–water partition coefficient (Wildman–Crippen LogP) is 3.93. The topological polar surface area (TPSA) is 84.3 Å². The van der Waals surface area contributed by atoms with Gasteiger partial charge in [0.05, 0.1) is 10.3 Å². The first kappa shape index (κ1) is 17.4. The highest BCUT2D eigenvalue weighted by molar-refractivity contribution is 7.80. The Balaban J connectivity index is 1.45. The Labute approximate surface area is 157 Å². The van der Waals surface area contributed by atoms with Gasteiger partial charge in [0.25, 0.3) is 5.69 Å². The van der Waals surface area contributed by atoms with Gasteiger partial charge in [0, 0.05) is 17.8 Å². The number of nitrogens with one attached hydrogen (secondary N) is 2. The Hall–Kier alpha value is -2.02. The lowest BCUT2D eigenvalue weighted by atomic mass is 9.49. The molecule has 0 aromatic heterocycles. The zero-order chi connectivity index (χ0) is 18.5. The molecule has 1 aromatic rings. The first-order valence-corrected chi connectivity index (χ1v) is 9.63. The SMILES string of the molecule is Cc1ccc([N+](=O)[O-])cc1NC(=S)NC(=O)C12CC3CC(CC(C3)C1)C2. The Morgan fingerprint density at radius 3 is 2.31 bits per heavy atom. The molecule has 4 aliphatic carbocycles. The fraction of sp³-hybridized carbons (Fsp3) is 0.579. The summed E-state index contributed by atoms with van der Waals surface area (Å²) in [5.41, 5.74) is 1.11. The summed E-state index contributed by atoms with van der Waals surface area (Å²) in [6, 6.07) is 4.57. The molecule has 26 heavy (non-hydrogen) atoms. The van der Waals surface area contributed by atoms with Crippen LogP contribution in [0.3, 0.4) is 0 Å². The molecule has 1 aromatic carbocycles. The number of carbonyl (C=O) groups excluding carboxylic acids is 1. The van der Waals surface area contributed by atoms with E-state index in [-0.39, 0.29) is 22.1 Å². The molecule has 2 N–H and O–H groups in total. The van der Waals surface area contributed by atoms with E-state index in [1.165, 1.54) is 31.4 Å². The van der Waals surface area contributed by atoms with Crippen molar-refractivity contribution in [3.63, 3.8) is 0 Å². The Kier molecular flexibility index (Phi) is 4.22. The molecule has 0 saturated heterocycles. The number of hydrogen-bond donors (Lipinski definition) is 2. The third-order valence-corrected chi connectivity index (χ3v) is 6.63. The van der Waals surface area contributed by atoms with E-state index in [0.717, 1.165) is 24.8 Å². The van der Waals surface area contributed by atoms with Crippen molar-refractivity contribution >= 4 is 34.6 Å². The molecule has 0 unspecified atom stereocenters. The van der Waals surface area contributed by atoms with Gasteiger partial charge in [0.1, 0.15) is 0 Å². The van der Waals surface area contributed by atoms with E-state index >= 15 is 0 Å². The fourth-order valence-electron chi connectivity index (χ4n) is 5.64. The smallest absolute Gasteiger partial charge is 0.271 e. The summed E-state index contributed by atoms with van der Waals surface area (Å²) in [5.74, 6) is 2.09. The molecule has 0 spiro atoms. The average Bonchev–Trinajstić information content (AvgIpc) is 2.55. The summed E-state index contributed by atoms with van der Waals surface area (Å²) in [6.45, 7) is 1.84. The van der Waals surface area contributed by atoms with E-state index in [1.54, 1.807) is 6.07 Å². The standard InChI is InChI=1S/C19H23N3O3S/c1-11-2-3-15(22(24)25)7-16(11)20-18(26)21-17(23)19-8-12-4-13(9-19)6-14(5-12)10-19/h2-3,7,12-14H,4-6,8-10H2,1H3,(H2,20,21,23,26). The van der Waals surface area contributed by atoms with Gasteiger partial charge in [-0.1, -0.05) is 6.07 Å². The number of nitro groups is 1. The summed E-state index contributed by atoms with van der Waals surface area (Å²) in [7, 11) is 0. The van der Waals surface area contributed by atoms with Crippen molar-refractivity contribution in [2.75, 3.05) is 5.32 Å². The summed E-state index contributed by atoms with van der Waals surface area (Å²) in [4.78, 5) is 23.5. The van der Waals surface area contributed by atoms with Crippen LogP contribution < -0.4 is 10.6 Å². The molecule has 0 atom stereocenters.